The minimum atomic E-state index is -0.0721. The van der Waals surface area contributed by atoms with E-state index in [2.05, 4.69) is 29.1 Å². The van der Waals surface area contributed by atoms with Gasteiger partial charge in [0.15, 0.2) is 5.16 Å². The number of H-pyrrole nitrogens is 1. The van der Waals surface area contributed by atoms with Crippen LogP contribution in [0.1, 0.15) is 32.4 Å². The first-order valence-corrected chi connectivity index (χ1v) is 7.04. The molecule has 0 fully saturated rings. The van der Waals surface area contributed by atoms with Gasteiger partial charge in [-0.25, -0.2) is 4.98 Å². The highest BCUT2D eigenvalue weighted by Crippen LogP contribution is 2.13. The van der Waals surface area contributed by atoms with Crippen LogP contribution in [0.25, 0.3) is 0 Å². The fourth-order valence-electron chi connectivity index (χ4n) is 1.45. The Kier molecular flexibility index (Phi) is 6.29. The fourth-order valence-corrected chi connectivity index (χ4v) is 2.49. The van der Waals surface area contributed by atoms with Gasteiger partial charge in [0, 0.05) is 23.6 Å². The number of nitrogens with zero attached hydrogens (tertiary/aromatic N) is 1. The van der Waals surface area contributed by atoms with Crippen LogP contribution in [-0.2, 0) is 0 Å². The van der Waals surface area contributed by atoms with E-state index in [0.29, 0.717) is 6.04 Å². The van der Waals surface area contributed by atoms with E-state index < -0.39 is 0 Å². The summed E-state index contributed by atoms with van der Waals surface area (Å²) < 4.78 is 0. The minimum absolute atomic E-state index is 0.0721. The van der Waals surface area contributed by atoms with E-state index in [-0.39, 0.29) is 5.56 Å². The predicted octanol–water partition coefficient (Wildman–Crippen LogP) is 1.95. The van der Waals surface area contributed by atoms with Crippen molar-refractivity contribution in [1.29, 1.82) is 0 Å². The number of aryl methyl sites for hydroxylation is 1. The van der Waals surface area contributed by atoms with Gasteiger partial charge in [0.1, 0.15) is 0 Å². The van der Waals surface area contributed by atoms with E-state index in [0.717, 1.165) is 36.0 Å². The highest BCUT2D eigenvalue weighted by atomic mass is 32.2. The molecular weight excluding hydrogens is 234 g/mol. The van der Waals surface area contributed by atoms with Gasteiger partial charge in [-0.1, -0.05) is 18.7 Å². The molecule has 0 radical (unpaired) electrons. The fraction of sp³-hybridized carbons (Fsp3) is 0.667. The van der Waals surface area contributed by atoms with Gasteiger partial charge < -0.3 is 10.3 Å². The van der Waals surface area contributed by atoms with Crippen LogP contribution >= 0.6 is 11.8 Å². The lowest BCUT2D eigenvalue weighted by atomic mass is 10.2. The van der Waals surface area contributed by atoms with Gasteiger partial charge in [-0.2, -0.15) is 0 Å². The molecule has 5 heteroatoms. The average molecular weight is 255 g/mol. The zero-order valence-electron chi connectivity index (χ0n) is 10.7. The summed E-state index contributed by atoms with van der Waals surface area (Å²) in [6.45, 7) is 7.24. The van der Waals surface area contributed by atoms with Crippen LogP contribution in [-0.4, -0.2) is 28.3 Å². The number of rotatable bonds is 7. The maximum absolute atomic E-state index is 11.2. The molecular formula is C12H21N3OS. The molecule has 1 aromatic rings. The van der Waals surface area contributed by atoms with Gasteiger partial charge in [-0.3, -0.25) is 4.79 Å². The molecule has 0 aliphatic rings. The Bertz CT molecular complexity index is 392. The summed E-state index contributed by atoms with van der Waals surface area (Å²) in [5.74, 6) is 0.963. The summed E-state index contributed by atoms with van der Waals surface area (Å²) in [4.78, 5) is 18.2. The normalized spacial score (nSPS) is 12.6. The maximum Gasteiger partial charge on any atom is 0.251 e. The number of hydrogen-bond acceptors (Lipinski definition) is 4. The first-order valence-electron chi connectivity index (χ1n) is 6.06. The van der Waals surface area contributed by atoms with E-state index in [9.17, 15) is 4.79 Å². The van der Waals surface area contributed by atoms with Crippen molar-refractivity contribution in [1.82, 2.24) is 15.3 Å². The van der Waals surface area contributed by atoms with Crippen LogP contribution in [0.2, 0.25) is 0 Å². The molecule has 4 nitrogen and oxygen atoms in total. The summed E-state index contributed by atoms with van der Waals surface area (Å²) in [5.41, 5.74) is 0.700. The SMILES string of the molecule is CCCNC(C)CCSc1nc(C)cc(=O)[nH]1. The highest BCUT2D eigenvalue weighted by molar-refractivity contribution is 7.99. The van der Waals surface area contributed by atoms with Gasteiger partial charge in [-0.15, -0.1) is 0 Å². The topological polar surface area (TPSA) is 57.8 Å². The summed E-state index contributed by atoms with van der Waals surface area (Å²) in [5, 5.41) is 4.16. The van der Waals surface area contributed by atoms with E-state index in [1.165, 1.54) is 6.07 Å². The van der Waals surface area contributed by atoms with Crippen molar-refractivity contribution in [2.75, 3.05) is 12.3 Å². The molecule has 2 N–H and O–H groups in total. The molecule has 0 saturated carbocycles. The average Bonchev–Trinajstić information content (AvgIpc) is 2.25. The Morgan fingerprint density at radius 3 is 3.00 bits per heavy atom. The zero-order chi connectivity index (χ0) is 12.7. The standard InChI is InChI=1S/C12H21N3OS/c1-4-6-13-9(2)5-7-17-12-14-10(3)8-11(16)15-12/h8-9,13H,4-7H2,1-3H3,(H,14,15,16). The lowest BCUT2D eigenvalue weighted by molar-refractivity contribution is 0.536. The molecule has 0 aliphatic heterocycles. The third-order valence-electron chi connectivity index (χ3n) is 2.38. The first-order chi connectivity index (χ1) is 8.11. The number of nitrogens with one attached hydrogen (secondary N) is 2. The zero-order valence-corrected chi connectivity index (χ0v) is 11.6. The van der Waals surface area contributed by atoms with Crippen LogP contribution in [0.15, 0.2) is 16.0 Å². The molecule has 0 spiro atoms. The third kappa shape index (κ3) is 5.89. The molecule has 1 atom stereocenters. The highest BCUT2D eigenvalue weighted by Gasteiger charge is 2.03. The molecule has 0 aromatic carbocycles. The van der Waals surface area contributed by atoms with Crippen molar-refractivity contribution in [2.45, 2.75) is 44.8 Å². The van der Waals surface area contributed by atoms with Crippen molar-refractivity contribution in [3.63, 3.8) is 0 Å². The summed E-state index contributed by atoms with van der Waals surface area (Å²) in [6.07, 6.45) is 2.23. The maximum atomic E-state index is 11.2. The molecule has 1 aromatic heterocycles. The predicted molar refractivity (Wildman–Crippen MR) is 72.7 cm³/mol. The lowest BCUT2D eigenvalue weighted by Crippen LogP contribution is -2.27. The monoisotopic (exact) mass is 255 g/mol. The van der Waals surface area contributed by atoms with Gasteiger partial charge in [0.05, 0.1) is 0 Å². The van der Waals surface area contributed by atoms with E-state index >= 15 is 0 Å². The lowest BCUT2D eigenvalue weighted by Gasteiger charge is -2.12. The van der Waals surface area contributed by atoms with Crippen molar-refractivity contribution in [2.24, 2.45) is 0 Å². The van der Waals surface area contributed by atoms with Crippen LogP contribution in [0.5, 0.6) is 0 Å². The molecule has 17 heavy (non-hydrogen) atoms. The van der Waals surface area contributed by atoms with Crippen LogP contribution < -0.4 is 10.9 Å². The summed E-state index contributed by atoms with van der Waals surface area (Å²) in [7, 11) is 0. The van der Waals surface area contributed by atoms with Crippen molar-refractivity contribution < 1.29 is 0 Å². The second-order valence-corrected chi connectivity index (χ2v) is 5.27. The first kappa shape index (κ1) is 14.3. The van der Waals surface area contributed by atoms with Crippen molar-refractivity contribution in [3.05, 3.63) is 22.1 Å². The molecule has 0 aliphatic carbocycles. The second-order valence-electron chi connectivity index (χ2n) is 4.18. The summed E-state index contributed by atoms with van der Waals surface area (Å²) >= 11 is 1.60. The smallest absolute Gasteiger partial charge is 0.251 e. The largest absolute Gasteiger partial charge is 0.314 e. The van der Waals surface area contributed by atoms with Crippen LogP contribution in [0.4, 0.5) is 0 Å². The Balaban J connectivity index is 2.33. The number of hydrogen-bond donors (Lipinski definition) is 2. The molecule has 0 amide bonds. The minimum Gasteiger partial charge on any atom is -0.314 e. The van der Waals surface area contributed by atoms with Gasteiger partial charge in [0.25, 0.3) is 5.56 Å². The molecule has 1 heterocycles. The Hall–Kier alpha value is -0.810. The number of aromatic amines is 1. The van der Waals surface area contributed by atoms with Crippen LogP contribution in [0.3, 0.4) is 0 Å². The van der Waals surface area contributed by atoms with Crippen LogP contribution in [0, 0.1) is 6.92 Å². The van der Waals surface area contributed by atoms with Crippen molar-refractivity contribution >= 4 is 11.8 Å². The van der Waals surface area contributed by atoms with Gasteiger partial charge in [-0.05, 0) is 33.2 Å². The molecule has 96 valence electrons. The second kappa shape index (κ2) is 7.50. The molecule has 0 saturated heterocycles. The van der Waals surface area contributed by atoms with E-state index in [4.69, 9.17) is 0 Å². The quantitative estimate of drug-likeness (QED) is 0.577. The Morgan fingerprint density at radius 1 is 1.59 bits per heavy atom. The Labute approximate surface area is 107 Å². The van der Waals surface area contributed by atoms with Gasteiger partial charge >= 0.3 is 0 Å². The van der Waals surface area contributed by atoms with Gasteiger partial charge in [0.2, 0.25) is 0 Å². The van der Waals surface area contributed by atoms with Crippen molar-refractivity contribution in [3.8, 4) is 0 Å². The Morgan fingerprint density at radius 2 is 2.35 bits per heavy atom. The molecule has 0 bridgehead atoms. The number of aromatic nitrogens is 2. The molecule has 1 rings (SSSR count). The van der Waals surface area contributed by atoms with E-state index in [1.54, 1.807) is 11.8 Å². The number of thioether (sulfide) groups is 1. The third-order valence-corrected chi connectivity index (χ3v) is 3.29. The van der Waals surface area contributed by atoms with E-state index in [1.807, 2.05) is 6.92 Å². The molecule has 1 unspecified atom stereocenters. The summed E-state index contributed by atoms with van der Waals surface area (Å²) in [6, 6.07) is 2.02.